The van der Waals surface area contributed by atoms with Crippen LogP contribution in [0.5, 0.6) is 0 Å². The van der Waals surface area contributed by atoms with Crippen LogP contribution in [0.3, 0.4) is 0 Å². The number of anilines is 1. The maximum absolute atomic E-state index is 11.9. The Bertz CT molecular complexity index is 686. The molecule has 4 N–H and O–H groups in total. The van der Waals surface area contributed by atoms with Crippen LogP contribution in [0.4, 0.5) is 10.6 Å². The number of nitrogens with two attached hydrogens (primary N) is 1. The zero-order valence-corrected chi connectivity index (χ0v) is 15.8. The van der Waals surface area contributed by atoms with E-state index < -0.39 is 12.1 Å². The van der Waals surface area contributed by atoms with E-state index in [-0.39, 0.29) is 24.9 Å². The molecule has 1 aromatic carbocycles. The van der Waals surface area contributed by atoms with Crippen molar-refractivity contribution < 1.29 is 14.3 Å². The van der Waals surface area contributed by atoms with Crippen molar-refractivity contribution in [1.29, 1.82) is 0 Å². The molecule has 1 atom stereocenters. The van der Waals surface area contributed by atoms with E-state index in [0.717, 1.165) is 12.0 Å². The van der Waals surface area contributed by atoms with Gasteiger partial charge in [-0.15, -0.1) is 12.4 Å². The molecule has 0 saturated heterocycles. The molecule has 0 unspecified atom stereocenters. The normalized spacial score (nSPS) is 11.0. The largest absolute Gasteiger partial charge is 0.445 e. The first-order valence-electron chi connectivity index (χ1n) is 8.57. The first-order chi connectivity index (χ1) is 12.6. The number of aromatic nitrogens is 1. The molecule has 1 aromatic heterocycles. The minimum Gasteiger partial charge on any atom is -0.445 e. The lowest BCUT2D eigenvalue weighted by Crippen LogP contribution is -2.36. The van der Waals surface area contributed by atoms with Gasteiger partial charge in [0.1, 0.15) is 12.4 Å². The minimum atomic E-state index is -0.609. The van der Waals surface area contributed by atoms with Crippen LogP contribution < -0.4 is 16.4 Å². The molecule has 0 bridgehead atoms. The van der Waals surface area contributed by atoms with Crippen LogP contribution in [-0.2, 0) is 16.1 Å². The quantitative estimate of drug-likeness (QED) is 0.569. The highest BCUT2D eigenvalue weighted by Crippen LogP contribution is 2.04. The zero-order valence-electron chi connectivity index (χ0n) is 15.0. The Morgan fingerprint density at radius 2 is 1.81 bits per heavy atom. The van der Waals surface area contributed by atoms with Crippen LogP contribution in [0.1, 0.15) is 24.8 Å². The van der Waals surface area contributed by atoms with E-state index in [4.69, 9.17) is 10.5 Å². The van der Waals surface area contributed by atoms with Gasteiger partial charge in [-0.05, 0) is 37.0 Å². The predicted molar refractivity (Wildman–Crippen MR) is 107 cm³/mol. The molecule has 0 fully saturated rings. The van der Waals surface area contributed by atoms with Gasteiger partial charge in [0, 0.05) is 12.7 Å². The van der Waals surface area contributed by atoms with Gasteiger partial charge in [-0.1, -0.05) is 36.4 Å². The SMILES string of the molecule is Cl.N[C@@H](CCCCNC(=O)OCc1ccccc1)C(=O)Nc1ccccn1. The van der Waals surface area contributed by atoms with Crippen molar-refractivity contribution in [1.82, 2.24) is 10.3 Å². The number of amides is 2. The van der Waals surface area contributed by atoms with Crippen molar-refractivity contribution in [2.24, 2.45) is 5.73 Å². The molecule has 2 aromatic rings. The molecule has 0 aliphatic carbocycles. The lowest BCUT2D eigenvalue weighted by atomic mass is 10.1. The summed E-state index contributed by atoms with van der Waals surface area (Å²) in [4.78, 5) is 27.6. The van der Waals surface area contributed by atoms with Gasteiger partial charge in [-0.25, -0.2) is 9.78 Å². The number of unbranched alkanes of at least 4 members (excludes halogenated alkanes) is 1. The van der Waals surface area contributed by atoms with Gasteiger partial charge in [-0.2, -0.15) is 0 Å². The number of nitrogens with zero attached hydrogens (tertiary/aromatic N) is 1. The average molecular weight is 393 g/mol. The summed E-state index contributed by atoms with van der Waals surface area (Å²) in [6.07, 6.45) is 3.11. The molecule has 7 nitrogen and oxygen atoms in total. The van der Waals surface area contributed by atoms with E-state index in [1.807, 2.05) is 30.3 Å². The summed E-state index contributed by atoms with van der Waals surface area (Å²) in [7, 11) is 0. The van der Waals surface area contributed by atoms with Gasteiger partial charge in [-0.3, -0.25) is 4.79 Å². The number of nitrogens with one attached hydrogen (secondary N) is 2. The Balaban J connectivity index is 0.00000364. The molecule has 0 saturated carbocycles. The van der Waals surface area contributed by atoms with Crippen LogP contribution in [0.15, 0.2) is 54.7 Å². The highest BCUT2D eigenvalue weighted by molar-refractivity contribution is 5.93. The lowest BCUT2D eigenvalue weighted by Gasteiger charge is -2.12. The van der Waals surface area contributed by atoms with E-state index in [0.29, 0.717) is 25.2 Å². The lowest BCUT2D eigenvalue weighted by molar-refractivity contribution is -0.117. The van der Waals surface area contributed by atoms with Crippen LogP contribution in [0, 0.1) is 0 Å². The third-order valence-corrected chi connectivity index (χ3v) is 3.68. The first-order valence-corrected chi connectivity index (χ1v) is 8.57. The molecule has 146 valence electrons. The fourth-order valence-corrected chi connectivity index (χ4v) is 2.24. The molecule has 0 radical (unpaired) electrons. The Morgan fingerprint density at radius 3 is 2.52 bits per heavy atom. The number of hydrogen-bond donors (Lipinski definition) is 3. The van der Waals surface area contributed by atoms with Gasteiger partial charge < -0.3 is 21.1 Å². The number of halogens is 1. The number of rotatable bonds is 9. The molecule has 2 amide bonds. The number of pyridine rings is 1. The van der Waals surface area contributed by atoms with Crippen LogP contribution in [0.2, 0.25) is 0 Å². The average Bonchev–Trinajstić information content (AvgIpc) is 2.67. The van der Waals surface area contributed by atoms with Gasteiger partial charge in [0.25, 0.3) is 0 Å². The van der Waals surface area contributed by atoms with E-state index in [1.165, 1.54) is 0 Å². The third-order valence-electron chi connectivity index (χ3n) is 3.68. The van der Waals surface area contributed by atoms with E-state index in [1.54, 1.807) is 24.4 Å². The number of carbonyl (C=O) groups excluding carboxylic acids is 2. The number of alkyl carbamates (subject to hydrolysis) is 1. The van der Waals surface area contributed by atoms with Gasteiger partial charge in [0.05, 0.1) is 6.04 Å². The van der Waals surface area contributed by atoms with Gasteiger partial charge in [0.15, 0.2) is 0 Å². The fraction of sp³-hybridized carbons (Fsp3) is 0.316. The smallest absolute Gasteiger partial charge is 0.407 e. The monoisotopic (exact) mass is 392 g/mol. The Labute approximate surface area is 165 Å². The molecular weight excluding hydrogens is 368 g/mol. The Kier molecular flexibility index (Phi) is 10.5. The molecule has 0 spiro atoms. The third kappa shape index (κ3) is 9.03. The molecule has 1 heterocycles. The van der Waals surface area contributed by atoms with Crippen molar-refractivity contribution in [3.8, 4) is 0 Å². The summed E-state index contributed by atoms with van der Waals surface area (Å²) in [5.74, 6) is 0.217. The summed E-state index contributed by atoms with van der Waals surface area (Å²) in [5.41, 5.74) is 6.80. The van der Waals surface area contributed by atoms with Gasteiger partial charge >= 0.3 is 6.09 Å². The second kappa shape index (κ2) is 12.7. The Hall–Kier alpha value is -2.64. The maximum Gasteiger partial charge on any atom is 0.407 e. The second-order valence-corrected chi connectivity index (χ2v) is 5.80. The fourth-order valence-electron chi connectivity index (χ4n) is 2.24. The molecule has 27 heavy (non-hydrogen) atoms. The maximum atomic E-state index is 11.9. The van der Waals surface area contributed by atoms with Crippen LogP contribution in [0.25, 0.3) is 0 Å². The molecule has 0 aliphatic heterocycles. The van der Waals surface area contributed by atoms with E-state index >= 15 is 0 Å². The summed E-state index contributed by atoms with van der Waals surface area (Å²) in [5, 5.41) is 5.35. The summed E-state index contributed by atoms with van der Waals surface area (Å²) < 4.78 is 5.11. The minimum absolute atomic E-state index is 0. The highest BCUT2D eigenvalue weighted by atomic mass is 35.5. The van der Waals surface area contributed by atoms with Crippen molar-refractivity contribution in [3.05, 3.63) is 60.3 Å². The van der Waals surface area contributed by atoms with Crippen molar-refractivity contribution in [3.63, 3.8) is 0 Å². The Morgan fingerprint density at radius 1 is 1.07 bits per heavy atom. The summed E-state index contributed by atoms with van der Waals surface area (Å²) in [6, 6.07) is 14.1. The topological polar surface area (TPSA) is 106 Å². The summed E-state index contributed by atoms with van der Waals surface area (Å²) >= 11 is 0. The van der Waals surface area contributed by atoms with Crippen LogP contribution in [-0.4, -0.2) is 29.6 Å². The van der Waals surface area contributed by atoms with Crippen molar-refractivity contribution in [2.45, 2.75) is 31.9 Å². The number of benzene rings is 1. The van der Waals surface area contributed by atoms with Gasteiger partial charge in [0.2, 0.25) is 5.91 Å². The van der Waals surface area contributed by atoms with Crippen molar-refractivity contribution >= 4 is 30.2 Å². The zero-order chi connectivity index (χ0) is 18.6. The number of ether oxygens (including phenoxy) is 1. The van der Waals surface area contributed by atoms with E-state index in [2.05, 4.69) is 15.6 Å². The molecular formula is C19H25ClN4O3. The number of carbonyl (C=O) groups is 2. The number of hydrogen-bond acceptors (Lipinski definition) is 5. The standard InChI is InChI=1S/C19H24N4O3.ClH/c20-16(18(24)23-17-11-5-7-12-21-17)10-4-6-13-22-19(25)26-14-15-8-2-1-3-9-15;/h1-3,5,7-9,11-12,16H,4,6,10,13-14,20H2,(H,22,25)(H,21,23,24);1H/t16-;/m0./s1. The van der Waals surface area contributed by atoms with Crippen LogP contribution >= 0.6 is 12.4 Å². The molecule has 8 heteroatoms. The predicted octanol–water partition coefficient (Wildman–Crippen LogP) is 2.87. The summed E-state index contributed by atoms with van der Waals surface area (Å²) in [6.45, 7) is 0.716. The highest BCUT2D eigenvalue weighted by Gasteiger charge is 2.13. The first kappa shape index (κ1) is 22.4. The molecule has 2 rings (SSSR count). The second-order valence-electron chi connectivity index (χ2n) is 5.80. The van der Waals surface area contributed by atoms with E-state index in [9.17, 15) is 9.59 Å². The van der Waals surface area contributed by atoms with Crippen molar-refractivity contribution in [2.75, 3.05) is 11.9 Å². The molecule has 0 aliphatic rings.